The zero-order valence-corrected chi connectivity index (χ0v) is 15.1. The van der Waals surface area contributed by atoms with Crippen molar-refractivity contribution >= 4 is 39.7 Å². The fourth-order valence-corrected chi connectivity index (χ4v) is 3.38. The van der Waals surface area contributed by atoms with Crippen molar-refractivity contribution in [2.45, 2.75) is 20.8 Å². The molecule has 1 amide bonds. The smallest absolute Gasteiger partial charge is 0.341 e. The Morgan fingerprint density at radius 2 is 1.85 bits per heavy atom. The van der Waals surface area contributed by atoms with E-state index in [1.807, 2.05) is 0 Å². The maximum atomic E-state index is 12.4. The third kappa shape index (κ3) is 3.94. The highest BCUT2D eigenvalue weighted by Gasteiger charge is 2.25. The van der Waals surface area contributed by atoms with Gasteiger partial charge >= 0.3 is 5.97 Å². The van der Waals surface area contributed by atoms with Crippen LogP contribution in [0.25, 0.3) is 0 Å². The summed E-state index contributed by atoms with van der Waals surface area (Å²) in [7, 11) is 0. The monoisotopic (exact) mass is 376 g/mol. The second kappa shape index (κ2) is 7.87. The molecule has 1 N–H and O–H groups in total. The lowest BCUT2D eigenvalue weighted by molar-refractivity contribution is -0.384. The Balaban J connectivity index is 2.36. The van der Waals surface area contributed by atoms with Gasteiger partial charge in [0, 0.05) is 17.7 Å². The molecule has 0 spiro atoms. The number of ether oxygens (including phenoxy) is 1. The molecule has 0 radical (unpaired) electrons. The van der Waals surface area contributed by atoms with Gasteiger partial charge in [-0.3, -0.25) is 19.7 Å². The maximum Gasteiger partial charge on any atom is 0.341 e. The fraction of sp³-hybridized carbons (Fsp3) is 0.235. The summed E-state index contributed by atoms with van der Waals surface area (Å²) in [5.74, 6) is -1.41. The number of non-ortho nitro benzene ring substituents is 1. The number of benzene rings is 1. The molecule has 2 aromatic rings. The zero-order chi connectivity index (χ0) is 19.4. The van der Waals surface area contributed by atoms with Gasteiger partial charge in [0.1, 0.15) is 5.00 Å². The molecular weight excluding hydrogens is 360 g/mol. The average Bonchev–Trinajstić information content (AvgIpc) is 2.91. The van der Waals surface area contributed by atoms with E-state index in [4.69, 9.17) is 4.74 Å². The fourth-order valence-electron chi connectivity index (χ4n) is 2.30. The summed E-state index contributed by atoms with van der Waals surface area (Å²) in [6.45, 7) is 4.79. The summed E-state index contributed by atoms with van der Waals surface area (Å²) < 4.78 is 5.00. The number of carbonyl (C=O) groups is 3. The largest absolute Gasteiger partial charge is 0.462 e. The number of nitrogens with zero attached hydrogens (tertiary/aromatic N) is 1. The average molecular weight is 376 g/mol. The van der Waals surface area contributed by atoms with Crippen molar-refractivity contribution in [3.8, 4) is 0 Å². The van der Waals surface area contributed by atoms with Crippen LogP contribution in [0.3, 0.4) is 0 Å². The summed E-state index contributed by atoms with van der Waals surface area (Å²) in [5.41, 5.74) is 0.623. The SMILES string of the molecule is CCOC(=O)c1c(NC(=O)c2ccc([N+](=O)[O-])cc2)sc(C(C)=O)c1C. The molecule has 1 heterocycles. The number of thiophene rings is 1. The van der Waals surface area contributed by atoms with Gasteiger partial charge in [-0.1, -0.05) is 0 Å². The third-order valence-electron chi connectivity index (χ3n) is 3.51. The molecule has 0 fully saturated rings. The molecule has 0 aliphatic rings. The molecule has 2 rings (SSSR count). The first kappa shape index (κ1) is 19.3. The molecule has 1 aromatic carbocycles. The van der Waals surface area contributed by atoms with Gasteiger partial charge in [0.05, 0.1) is 22.0 Å². The molecule has 0 saturated heterocycles. The van der Waals surface area contributed by atoms with Gasteiger partial charge in [-0.2, -0.15) is 0 Å². The normalized spacial score (nSPS) is 10.3. The molecule has 0 bridgehead atoms. The molecule has 136 valence electrons. The van der Waals surface area contributed by atoms with Gasteiger partial charge in [-0.25, -0.2) is 4.79 Å². The number of ketones is 1. The lowest BCUT2D eigenvalue weighted by Gasteiger charge is -2.07. The van der Waals surface area contributed by atoms with Crippen LogP contribution >= 0.6 is 11.3 Å². The molecular formula is C17H16N2O6S. The van der Waals surface area contributed by atoms with Crippen LogP contribution in [0, 0.1) is 17.0 Å². The highest BCUT2D eigenvalue weighted by Crippen LogP contribution is 2.34. The predicted molar refractivity (Wildman–Crippen MR) is 96.1 cm³/mol. The first-order chi connectivity index (χ1) is 12.3. The lowest BCUT2D eigenvalue weighted by Crippen LogP contribution is -2.15. The van der Waals surface area contributed by atoms with E-state index in [2.05, 4.69) is 5.32 Å². The van der Waals surface area contributed by atoms with E-state index in [0.29, 0.717) is 10.4 Å². The quantitative estimate of drug-likeness (QED) is 0.356. The minimum Gasteiger partial charge on any atom is -0.462 e. The van der Waals surface area contributed by atoms with Crippen LogP contribution in [0.15, 0.2) is 24.3 Å². The summed E-state index contributed by atoms with van der Waals surface area (Å²) in [4.78, 5) is 46.8. The van der Waals surface area contributed by atoms with E-state index in [1.54, 1.807) is 13.8 Å². The molecule has 26 heavy (non-hydrogen) atoms. The molecule has 8 nitrogen and oxygen atoms in total. The minimum absolute atomic E-state index is 0.136. The summed E-state index contributed by atoms with van der Waals surface area (Å²) in [6.07, 6.45) is 0. The van der Waals surface area contributed by atoms with Crippen molar-refractivity contribution in [3.63, 3.8) is 0 Å². The van der Waals surface area contributed by atoms with Crippen LogP contribution < -0.4 is 5.32 Å². The van der Waals surface area contributed by atoms with E-state index < -0.39 is 16.8 Å². The predicted octanol–water partition coefficient (Wildman–Crippen LogP) is 3.60. The summed E-state index contributed by atoms with van der Waals surface area (Å²) >= 11 is 0.989. The molecule has 0 unspecified atom stereocenters. The lowest BCUT2D eigenvalue weighted by atomic mass is 10.1. The van der Waals surface area contributed by atoms with Crippen LogP contribution in [0.1, 0.15) is 49.8 Å². The first-order valence-corrected chi connectivity index (χ1v) is 8.45. The first-order valence-electron chi connectivity index (χ1n) is 7.63. The van der Waals surface area contributed by atoms with E-state index in [-0.39, 0.29) is 34.2 Å². The minimum atomic E-state index is -0.632. The maximum absolute atomic E-state index is 12.4. The number of Topliss-reactive ketones (excluding diaryl/α,β-unsaturated/α-hetero) is 1. The van der Waals surface area contributed by atoms with Crippen LogP contribution in [-0.2, 0) is 4.74 Å². The van der Waals surface area contributed by atoms with E-state index in [9.17, 15) is 24.5 Å². The number of amides is 1. The Labute approximate surface area is 152 Å². The number of rotatable bonds is 6. The summed E-state index contributed by atoms with van der Waals surface area (Å²) in [6, 6.07) is 5.04. The number of carbonyl (C=O) groups excluding carboxylic acids is 3. The van der Waals surface area contributed by atoms with Gasteiger partial charge in [-0.05, 0) is 38.5 Å². The molecule has 0 aliphatic heterocycles. The highest BCUT2D eigenvalue weighted by atomic mass is 32.1. The van der Waals surface area contributed by atoms with E-state index in [0.717, 1.165) is 11.3 Å². The van der Waals surface area contributed by atoms with Crippen LogP contribution in [0.4, 0.5) is 10.7 Å². The van der Waals surface area contributed by atoms with Gasteiger partial charge in [0.25, 0.3) is 11.6 Å². The van der Waals surface area contributed by atoms with E-state index in [1.165, 1.54) is 31.2 Å². The number of hydrogen-bond donors (Lipinski definition) is 1. The molecule has 0 aliphatic carbocycles. The van der Waals surface area contributed by atoms with Gasteiger partial charge in [0.2, 0.25) is 0 Å². The Bertz CT molecular complexity index is 885. The Morgan fingerprint density at radius 3 is 2.35 bits per heavy atom. The summed E-state index contributed by atoms with van der Waals surface area (Å²) in [5, 5.41) is 13.5. The molecule has 0 saturated carbocycles. The Hall–Kier alpha value is -3.07. The van der Waals surface area contributed by atoms with Crippen molar-refractivity contribution in [3.05, 3.63) is 55.9 Å². The van der Waals surface area contributed by atoms with Crippen molar-refractivity contribution in [1.82, 2.24) is 0 Å². The second-order valence-electron chi connectivity index (χ2n) is 5.30. The zero-order valence-electron chi connectivity index (χ0n) is 14.3. The van der Waals surface area contributed by atoms with Crippen LogP contribution in [0.5, 0.6) is 0 Å². The molecule has 9 heteroatoms. The highest BCUT2D eigenvalue weighted by molar-refractivity contribution is 7.18. The number of nitro benzene ring substituents is 1. The number of nitro groups is 1. The van der Waals surface area contributed by atoms with Crippen molar-refractivity contribution in [2.75, 3.05) is 11.9 Å². The van der Waals surface area contributed by atoms with Crippen molar-refractivity contribution < 1.29 is 24.0 Å². The van der Waals surface area contributed by atoms with E-state index >= 15 is 0 Å². The second-order valence-corrected chi connectivity index (χ2v) is 6.32. The number of hydrogen-bond acceptors (Lipinski definition) is 7. The van der Waals surface area contributed by atoms with Gasteiger partial charge in [0.15, 0.2) is 5.78 Å². The van der Waals surface area contributed by atoms with Crippen molar-refractivity contribution in [1.29, 1.82) is 0 Å². The van der Waals surface area contributed by atoms with Crippen LogP contribution in [0.2, 0.25) is 0 Å². The topological polar surface area (TPSA) is 116 Å². The van der Waals surface area contributed by atoms with Crippen LogP contribution in [-0.4, -0.2) is 29.2 Å². The van der Waals surface area contributed by atoms with Gasteiger partial charge in [-0.15, -0.1) is 11.3 Å². The molecule has 1 aromatic heterocycles. The Morgan fingerprint density at radius 1 is 1.23 bits per heavy atom. The third-order valence-corrected chi connectivity index (χ3v) is 4.82. The van der Waals surface area contributed by atoms with Crippen molar-refractivity contribution in [2.24, 2.45) is 0 Å². The number of esters is 1. The standard InChI is InChI=1S/C17H16N2O6S/c1-4-25-17(22)13-9(2)14(10(3)20)26-16(13)18-15(21)11-5-7-12(8-6-11)19(23)24/h5-8H,4H2,1-3H3,(H,18,21). The number of anilines is 1. The number of nitrogens with one attached hydrogen (secondary N) is 1. The molecule has 0 atom stereocenters. The van der Waals surface area contributed by atoms with Gasteiger partial charge < -0.3 is 10.1 Å². The Kier molecular flexibility index (Phi) is 5.83.